The van der Waals surface area contributed by atoms with Gasteiger partial charge in [0.15, 0.2) is 23.2 Å². The first-order valence-electron chi connectivity index (χ1n) is 11.5. The number of carbonyl (C=O) groups excluding carboxylic acids is 1. The Balaban J connectivity index is 1.71. The predicted octanol–water partition coefficient (Wildman–Crippen LogP) is 4.12. The van der Waals surface area contributed by atoms with Crippen LogP contribution in [0.25, 0.3) is 11.4 Å². The number of halogens is 1. The first-order chi connectivity index (χ1) is 17.6. The van der Waals surface area contributed by atoms with Crippen LogP contribution in [0.15, 0.2) is 43.0 Å². The number of hydrogen-bond acceptors (Lipinski definition) is 10. The van der Waals surface area contributed by atoms with Crippen molar-refractivity contribution in [1.82, 2.24) is 29.7 Å². The number of rotatable bonds is 9. The van der Waals surface area contributed by atoms with Gasteiger partial charge in [0.25, 0.3) is 0 Å². The van der Waals surface area contributed by atoms with Gasteiger partial charge in [-0.25, -0.2) is 19.9 Å². The summed E-state index contributed by atoms with van der Waals surface area (Å²) in [6, 6.07) is 6.31. The number of hydrogen-bond donors (Lipinski definition) is 3. The molecule has 4 heterocycles. The number of aliphatic hydroxyl groups is 1. The number of nitrogens with one attached hydrogen (secondary N) is 2. The first-order valence-corrected chi connectivity index (χ1v) is 11.5. The van der Waals surface area contributed by atoms with Crippen LogP contribution in [0.4, 0.5) is 27.5 Å². The third-order valence-corrected chi connectivity index (χ3v) is 5.49. The van der Waals surface area contributed by atoms with Crippen LogP contribution >= 0.6 is 0 Å². The zero-order valence-electron chi connectivity index (χ0n) is 21.1. The quantitative estimate of drug-likeness (QED) is 0.224. The normalized spacial score (nSPS) is 11.3. The van der Waals surface area contributed by atoms with Gasteiger partial charge < -0.3 is 20.5 Å². The van der Waals surface area contributed by atoms with E-state index in [2.05, 4.69) is 35.7 Å². The summed E-state index contributed by atoms with van der Waals surface area (Å²) in [7, 11) is 3.26. The van der Waals surface area contributed by atoms with Crippen molar-refractivity contribution in [2.75, 3.05) is 17.7 Å². The molecule has 0 atom stereocenters. The lowest BCUT2D eigenvalue weighted by molar-refractivity contribution is 0.0737. The highest BCUT2D eigenvalue weighted by Gasteiger charge is 2.22. The van der Waals surface area contributed by atoms with Crippen LogP contribution in [0.5, 0.6) is 5.75 Å². The molecule has 11 nitrogen and oxygen atoms in total. The smallest absolute Gasteiger partial charge is 0.220 e. The van der Waals surface area contributed by atoms with Gasteiger partial charge in [-0.05, 0) is 32.0 Å². The molecule has 0 aromatic carbocycles. The molecule has 4 aromatic heterocycles. The van der Waals surface area contributed by atoms with E-state index in [1.54, 1.807) is 43.3 Å². The molecule has 0 spiro atoms. The minimum Gasteiger partial charge on any atom is -0.492 e. The van der Waals surface area contributed by atoms with E-state index >= 15 is 0 Å². The molecule has 12 heteroatoms. The first kappa shape index (κ1) is 25.6. The molecule has 0 bridgehead atoms. The van der Waals surface area contributed by atoms with E-state index < -0.39 is 11.5 Å². The molecule has 37 heavy (non-hydrogen) atoms. The van der Waals surface area contributed by atoms with Gasteiger partial charge in [-0.1, -0.05) is 6.92 Å². The van der Waals surface area contributed by atoms with Gasteiger partial charge in [0.05, 0.1) is 29.5 Å². The number of Topliss-reactive ketones (excluding diaryl/α,β-unsaturated/α-hetero) is 1. The SMILES string of the molecule is CCC(=O)c1cnc(Nc2ccc(C(C)(C)O)c(F)n2)cc1Nc1nccc(-c2ncn(C)n2)c1OC. The van der Waals surface area contributed by atoms with Crippen LogP contribution in [-0.4, -0.2) is 47.7 Å². The summed E-state index contributed by atoms with van der Waals surface area (Å²) in [5, 5.41) is 20.5. The highest BCUT2D eigenvalue weighted by Crippen LogP contribution is 2.36. The van der Waals surface area contributed by atoms with E-state index in [-0.39, 0.29) is 23.6 Å². The Kier molecular flexibility index (Phi) is 7.11. The van der Waals surface area contributed by atoms with Crippen molar-refractivity contribution in [3.63, 3.8) is 0 Å². The number of aryl methyl sites for hydroxylation is 1. The van der Waals surface area contributed by atoms with Crippen LogP contribution in [-0.2, 0) is 12.6 Å². The minimum absolute atomic E-state index is 0.0673. The van der Waals surface area contributed by atoms with E-state index in [9.17, 15) is 14.3 Å². The molecule has 0 unspecified atom stereocenters. The van der Waals surface area contributed by atoms with Crippen molar-refractivity contribution < 1.29 is 19.0 Å². The number of carbonyl (C=O) groups is 1. The largest absolute Gasteiger partial charge is 0.492 e. The molecule has 0 fully saturated rings. The third kappa shape index (κ3) is 5.54. The summed E-state index contributed by atoms with van der Waals surface area (Å²) in [4.78, 5) is 29.5. The van der Waals surface area contributed by atoms with E-state index in [1.807, 2.05) is 0 Å². The topological polar surface area (TPSA) is 140 Å². The number of aromatic nitrogens is 6. The Morgan fingerprint density at radius 3 is 2.57 bits per heavy atom. The van der Waals surface area contributed by atoms with Crippen molar-refractivity contribution in [3.05, 3.63) is 60.1 Å². The van der Waals surface area contributed by atoms with Crippen molar-refractivity contribution in [3.8, 4) is 17.1 Å². The maximum absolute atomic E-state index is 14.5. The Morgan fingerprint density at radius 2 is 1.95 bits per heavy atom. The van der Waals surface area contributed by atoms with Gasteiger partial charge in [0, 0.05) is 37.5 Å². The second-order valence-electron chi connectivity index (χ2n) is 8.72. The maximum atomic E-state index is 14.5. The molecule has 0 aliphatic heterocycles. The third-order valence-electron chi connectivity index (χ3n) is 5.49. The van der Waals surface area contributed by atoms with Gasteiger partial charge in [-0.3, -0.25) is 9.48 Å². The summed E-state index contributed by atoms with van der Waals surface area (Å²) >= 11 is 0. The van der Waals surface area contributed by atoms with Crippen molar-refractivity contribution in [2.45, 2.75) is 32.8 Å². The molecule has 4 aromatic rings. The standard InChI is InChI=1S/C25H27FN8O3/c1-6-18(35)15-12-28-20(31-19-8-7-16(22(26)32-19)25(2,3)36)11-17(15)30-24-21(37-5)14(9-10-27-24)23-29-13-34(4)33-23/h7-13,36H,6H2,1-5H3,(H2,27,28,30,31,32). The molecular formula is C25H27FN8O3. The highest BCUT2D eigenvalue weighted by atomic mass is 19.1. The van der Waals surface area contributed by atoms with E-state index in [0.29, 0.717) is 40.0 Å². The molecule has 0 aliphatic carbocycles. The molecule has 3 N–H and O–H groups in total. The van der Waals surface area contributed by atoms with Crippen LogP contribution < -0.4 is 15.4 Å². The Morgan fingerprint density at radius 1 is 1.16 bits per heavy atom. The average Bonchev–Trinajstić information content (AvgIpc) is 3.29. The van der Waals surface area contributed by atoms with Gasteiger partial charge in [-0.2, -0.15) is 9.49 Å². The number of nitrogens with zero attached hydrogens (tertiary/aromatic N) is 6. The number of pyridine rings is 3. The van der Waals surface area contributed by atoms with Crippen molar-refractivity contribution in [1.29, 1.82) is 0 Å². The fourth-order valence-corrected chi connectivity index (χ4v) is 3.64. The second-order valence-corrected chi connectivity index (χ2v) is 8.72. The summed E-state index contributed by atoms with van der Waals surface area (Å²) in [6.45, 7) is 4.70. The number of ketones is 1. The van der Waals surface area contributed by atoms with Crippen LogP contribution in [0.3, 0.4) is 0 Å². The van der Waals surface area contributed by atoms with Gasteiger partial charge in [-0.15, -0.1) is 0 Å². The van der Waals surface area contributed by atoms with Crippen LogP contribution in [0, 0.1) is 5.95 Å². The van der Waals surface area contributed by atoms with Gasteiger partial charge in [0.1, 0.15) is 18.0 Å². The number of anilines is 4. The molecule has 0 saturated carbocycles. The van der Waals surface area contributed by atoms with Crippen molar-refractivity contribution >= 4 is 28.9 Å². The second kappa shape index (κ2) is 10.3. The molecular weight excluding hydrogens is 479 g/mol. The van der Waals surface area contributed by atoms with Gasteiger partial charge >= 0.3 is 0 Å². The molecule has 0 radical (unpaired) electrons. The number of ether oxygens (including phenoxy) is 1. The Bertz CT molecular complexity index is 1450. The summed E-state index contributed by atoms with van der Waals surface area (Å²) in [5.74, 6) is 0.727. The molecule has 192 valence electrons. The maximum Gasteiger partial charge on any atom is 0.220 e. The lowest BCUT2D eigenvalue weighted by atomic mass is 10.0. The van der Waals surface area contributed by atoms with E-state index in [0.717, 1.165) is 0 Å². The van der Waals surface area contributed by atoms with Crippen molar-refractivity contribution in [2.24, 2.45) is 7.05 Å². The van der Waals surface area contributed by atoms with E-state index in [4.69, 9.17) is 4.74 Å². The predicted molar refractivity (Wildman–Crippen MR) is 136 cm³/mol. The minimum atomic E-state index is -1.38. The van der Waals surface area contributed by atoms with Crippen LogP contribution in [0.2, 0.25) is 0 Å². The molecule has 0 saturated heterocycles. The number of methoxy groups -OCH3 is 1. The average molecular weight is 507 g/mol. The summed E-state index contributed by atoms with van der Waals surface area (Å²) in [6.07, 6.45) is 4.84. The Labute approximate surface area is 212 Å². The summed E-state index contributed by atoms with van der Waals surface area (Å²) in [5.41, 5.74) is 0.0590. The highest BCUT2D eigenvalue weighted by molar-refractivity contribution is 6.02. The van der Waals surface area contributed by atoms with E-state index in [1.165, 1.54) is 39.3 Å². The fourth-order valence-electron chi connectivity index (χ4n) is 3.64. The lowest BCUT2D eigenvalue weighted by Crippen LogP contribution is -2.18. The fraction of sp³-hybridized carbons (Fsp3) is 0.280. The summed E-state index contributed by atoms with van der Waals surface area (Å²) < 4.78 is 21.7. The zero-order chi connectivity index (χ0) is 26.7. The Hall–Kier alpha value is -4.45. The van der Waals surface area contributed by atoms with Gasteiger partial charge in [0.2, 0.25) is 5.95 Å². The molecule has 4 rings (SSSR count). The van der Waals surface area contributed by atoms with Crippen LogP contribution in [0.1, 0.15) is 43.1 Å². The zero-order valence-corrected chi connectivity index (χ0v) is 21.1. The molecule has 0 aliphatic rings. The monoisotopic (exact) mass is 506 g/mol. The molecule has 0 amide bonds. The lowest BCUT2D eigenvalue weighted by Gasteiger charge is -2.18.